The highest BCUT2D eigenvalue weighted by Crippen LogP contribution is 2.28. The second-order valence-corrected chi connectivity index (χ2v) is 5.72. The van der Waals surface area contributed by atoms with E-state index in [1.807, 2.05) is 25.1 Å². The van der Waals surface area contributed by atoms with Crippen molar-refractivity contribution in [1.82, 2.24) is 4.98 Å². The number of benzene rings is 2. The van der Waals surface area contributed by atoms with Crippen molar-refractivity contribution in [3.05, 3.63) is 77.7 Å². The first-order valence-corrected chi connectivity index (χ1v) is 8.00. The predicted molar refractivity (Wildman–Crippen MR) is 99.6 cm³/mol. The molecule has 0 saturated carbocycles. The molecule has 0 bridgehead atoms. The van der Waals surface area contributed by atoms with Gasteiger partial charge in [0.2, 0.25) is 0 Å². The first-order valence-electron chi connectivity index (χ1n) is 8.00. The van der Waals surface area contributed by atoms with Crippen molar-refractivity contribution < 1.29 is 13.9 Å². The van der Waals surface area contributed by atoms with E-state index in [9.17, 15) is 9.18 Å². The lowest BCUT2D eigenvalue weighted by Gasteiger charge is -2.12. The molecule has 3 rings (SSSR count). The fraction of sp³-hybridized carbons (Fsp3) is 0.100. The Morgan fingerprint density at radius 2 is 1.96 bits per heavy atom. The third-order valence-electron chi connectivity index (χ3n) is 3.72. The van der Waals surface area contributed by atoms with E-state index in [2.05, 4.69) is 15.6 Å². The van der Waals surface area contributed by atoms with Crippen LogP contribution in [-0.2, 0) is 0 Å². The minimum absolute atomic E-state index is 0.350. The maximum absolute atomic E-state index is 13.2. The number of nitrogens with zero attached hydrogens (tertiary/aromatic N) is 1. The summed E-state index contributed by atoms with van der Waals surface area (Å²) in [7, 11) is 1.59. The molecule has 1 aromatic heterocycles. The van der Waals surface area contributed by atoms with Gasteiger partial charge in [-0.1, -0.05) is 12.1 Å². The molecule has 5 nitrogen and oxygen atoms in total. The molecule has 0 spiro atoms. The Labute approximate surface area is 150 Å². The fourth-order valence-corrected chi connectivity index (χ4v) is 2.47. The predicted octanol–water partition coefficient (Wildman–Crippen LogP) is 4.53. The number of hydrogen-bond donors (Lipinski definition) is 2. The number of halogens is 1. The second-order valence-electron chi connectivity index (χ2n) is 5.72. The van der Waals surface area contributed by atoms with Crippen LogP contribution in [-0.4, -0.2) is 18.0 Å². The van der Waals surface area contributed by atoms with Crippen LogP contribution in [0.3, 0.4) is 0 Å². The van der Waals surface area contributed by atoms with Gasteiger partial charge in [-0.3, -0.25) is 4.79 Å². The van der Waals surface area contributed by atoms with Crippen LogP contribution in [0.2, 0.25) is 0 Å². The first kappa shape index (κ1) is 17.4. The van der Waals surface area contributed by atoms with Crippen LogP contribution in [0.1, 0.15) is 15.9 Å². The number of rotatable bonds is 5. The Bertz CT molecular complexity index is 944. The van der Waals surface area contributed by atoms with Gasteiger partial charge in [0.25, 0.3) is 5.91 Å². The van der Waals surface area contributed by atoms with Crippen LogP contribution in [0.4, 0.5) is 21.6 Å². The van der Waals surface area contributed by atoms with Crippen LogP contribution in [0.15, 0.2) is 60.8 Å². The Hall–Kier alpha value is -3.41. The molecule has 0 aliphatic heterocycles. The number of aryl methyl sites for hydroxylation is 1. The summed E-state index contributed by atoms with van der Waals surface area (Å²) in [6.45, 7) is 1.97. The van der Waals surface area contributed by atoms with Gasteiger partial charge in [0.15, 0.2) is 0 Å². The molecule has 3 aromatic rings. The molecule has 2 aromatic carbocycles. The van der Waals surface area contributed by atoms with E-state index in [0.29, 0.717) is 22.8 Å². The molecule has 0 fully saturated rings. The van der Waals surface area contributed by atoms with Crippen molar-refractivity contribution in [1.29, 1.82) is 0 Å². The van der Waals surface area contributed by atoms with Crippen LogP contribution >= 0.6 is 0 Å². The van der Waals surface area contributed by atoms with E-state index in [0.717, 1.165) is 11.3 Å². The van der Waals surface area contributed by atoms with Crippen LogP contribution in [0, 0.1) is 12.7 Å². The summed E-state index contributed by atoms with van der Waals surface area (Å²) in [4.78, 5) is 16.6. The molecule has 2 N–H and O–H groups in total. The van der Waals surface area contributed by atoms with Gasteiger partial charge in [0.1, 0.15) is 17.4 Å². The zero-order valence-corrected chi connectivity index (χ0v) is 14.4. The summed E-state index contributed by atoms with van der Waals surface area (Å²) in [5, 5.41) is 5.82. The molecule has 0 radical (unpaired) electrons. The summed E-state index contributed by atoms with van der Waals surface area (Å²) in [5.74, 6) is 0.413. The molecule has 1 amide bonds. The molecular weight excluding hydrogens is 333 g/mol. The number of carbonyl (C=O) groups excluding carboxylic acids is 1. The minimum Gasteiger partial charge on any atom is -0.495 e. The van der Waals surface area contributed by atoms with Gasteiger partial charge in [-0.2, -0.15) is 0 Å². The highest BCUT2D eigenvalue weighted by atomic mass is 19.1. The van der Waals surface area contributed by atoms with E-state index >= 15 is 0 Å². The molecule has 0 aliphatic rings. The van der Waals surface area contributed by atoms with Gasteiger partial charge in [0.05, 0.1) is 12.8 Å². The van der Waals surface area contributed by atoms with E-state index in [4.69, 9.17) is 4.74 Å². The summed E-state index contributed by atoms with van der Waals surface area (Å²) < 4.78 is 18.6. The zero-order valence-electron chi connectivity index (χ0n) is 14.4. The standard InChI is InChI=1S/C20H18FN3O2/c1-13-6-7-18(26-2)17(10-13)24-19-11-14(8-9-22-19)20(25)23-16-5-3-4-15(21)12-16/h3-12H,1-2H3,(H,22,24)(H,23,25). The molecule has 0 unspecified atom stereocenters. The molecule has 6 heteroatoms. The number of ether oxygens (including phenoxy) is 1. The Balaban J connectivity index is 1.80. The molecule has 132 valence electrons. The molecule has 26 heavy (non-hydrogen) atoms. The topological polar surface area (TPSA) is 63.2 Å². The van der Waals surface area contributed by atoms with E-state index < -0.39 is 5.82 Å². The number of amides is 1. The zero-order chi connectivity index (χ0) is 18.5. The first-order chi connectivity index (χ1) is 12.5. The van der Waals surface area contributed by atoms with Crippen molar-refractivity contribution in [3.63, 3.8) is 0 Å². The quantitative estimate of drug-likeness (QED) is 0.709. The number of hydrogen-bond acceptors (Lipinski definition) is 4. The largest absolute Gasteiger partial charge is 0.495 e. The van der Waals surface area contributed by atoms with Gasteiger partial charge in [-0.25, -0.2) is 9.37 Å². The van der Waals surface area contributed by atoms with Gasteiger partial charge >= 0.3 is 0 Å². The van der Waals surface area contributed by atoms with Crippen LogP contribution < -0.4 is 15.4 Å². The normalized spacial score (nSPS) is 10.3. The van der Waals surface area contributed by atoms with Gasteiger partial charge < -0.3 is 15.4 Å². The van der Waals surface area contributed by atoms with Crippen molar-refractivity contribution in [2.24, 2.45) is 0 Å². The van der Waals surface area contributed by atoms with Gasteiger partial charge in [-0.05, 0) is 55.0 Å². The monoisotopic (exact) mass is 351 g/mol. The van der Waals surface area contributed by atoms with Gasteiger partial charge in [0, 0.05) is 17.4 Å². The lowest BCUT2D eigenvalue weighted by Crippen LogP contribution is -2.12. The highest BCUT2D eigenvalue weighted by Gasteiger charge is 2.10. The van der Waals surface area contributed by atoms with E-state index in [1.165, 1.54) is 24.4 Å². The molecule has 1 heterocycles. The smallest absolute Gasteiger partial charge is 0.255 e. The van der Waals surface area contributed by atoms with Crippen LogP contribution in [0.25, 0.3) is 0 Å². The maximum Gasteiger partial charge on any atom is 0.255 e. The Morgan fingerprint density at radius 1 is 1.12 bits per heavy atom. The number of methoxy groups -OCH3 is 1. The van der Waals surface area contributed by atoms with Crippen molar-refractivity contribution in [2.45, 2.75) is 6.92 Å². The third-order valence-corrected chi connectivity index (χ3v) is 3.72. The van der Waals surface area contributed by atoms with Crippen LogP contribution in [0.5, 0.6) is 5.75 Å². The lowest BCUT2D eigenvalue weighted by atomic mass is 10.2. The average molecular weight is 351 g/mol. The summed E-state index contributed by atoms with van der Waals surface area (Å²) >= 11 is 0. The Kier molecular flexibility index (Phi) is 5.12. The minimum atomic E-state index is -0.411. The number of carbonyl (C=O) groups is 1. The fourth-order valence-electron chi connectivity index (χ4n) is 2.47. The third kappa shape index (κ3) is 4.16. The van der Waals surface area contributed by atoms with E-state index in [1.54, 1.807) is 25.3 Å². The number of pyridine rings is 1. The summed E-state index contributed by atoms with van der Waals surface area (Å²) in [5.41, 5.74) is 2.61. The number of nitrogens with one attached hydrogen (secondary N) is 2. The molecule has 0 aliphatic carbocycles. The maximum atomic E-state index is 13.2. The number of aromatic nitrogens is 1. The lowest BCUT2D eigenvalue weighted by molar-refractivity contribution is 0.102. The Morgan fingerprint density at radius 3 is 2.73 bits per heavy atom. The molecular formula is C20H18FN3O2. The van der Waals surface area contributed by atoms with Crippen molar-refractivity contribution >= 4 is 23.1 Å². The van der Waals surface area contributed by atoms with Crippen molar-refractivity contribution in [3.8, 4) is 5.75 Å². The average Bonchev–Trinajstić information content (AvgIpc) is 2.62. The molecule has 0 atom stereocenters. The van der Waals surface area contributed by atoms with E-state index in [-0.39, 0.29) is 5.91 Å². The summed E-state index contributed by atoms with van der Waals surface area (Å²) in [6, 6.07) is 14.7. The second kappa shape index (κ2) is 7.65. The number of anilines is 3. The highest BCUT2D eigenvalue weighted by molar-refractivity contribution is 6.04. The SMILES string of the molecule is COc1ccc(C)cc1Nc1cc(C(=O)Nc2cccc(F)c2)ccn1. The van der Waals surface area contributed by atoms with Crippen molar-refractivity contribution in [2.75, 3.05) is 17.7 Å². The summed E-state index contributed by atoms with van der Waals surface area (Å²) in [6.07, 6.45) is 1.53. The molecule has 0 saturated heterocycles. The van der Waals surface area contributed by atoms with Gasteiger partial charge in [-0.15, -0.1) is 0 Å².